The largest absolute Gasteiger partial charge is 0.135 e. The lowest BCUT2D eigenvalue weighted by Gasteiger charge is -2.20. The molecule has 12 aromatic rings. The summed E-state index contributed by atoms with van der Waals surface area (Å²) in [4.78, 5) is 0. The third-order valence-electron chi connectivity index (χ3n) is 11.6. The predicted molar refractivity (Wildman–Crippen MR) is 233 cm³/mol. The van der Waals surface area contributed by atoms with Crippen molar-refractivity contribution in [1.29, 1.82) is 0 Å². The highest BCUT2D eigenvalue weighted by Crippen LogP contribution is 2.49. The van der Waals surface area contributed by atoms with Crippen LogP contribution in [0.1, 0.15) is 0 Å². The van der Waals surface area contributed by atoms with Crippen LogP contribution in [0, 0.1) is 0 Å². The maximum Gasteiger partial charge on any atom is 0.0433 e. The molecule has 0 atom stereocenters. The van der Waals surface area contributed by atoms with Gasteiger partial charge in [0.2, 0.25) is 0 Å². The normalized spacial score (nSPS) is 12.2. The zero-order valence-corrected chi connectivity index (χ0v) is 29.5. The zero-order chi connectivity index (χ0) is 34.6. The number of thiophene rings is 1. The summed E-state index contributed by atoms with van der Waals surface area (Å²) in [5.74, 6) is 0. The first-order valence-electron chi connectivity index (χ1n) is 18.3. The molecule has 11 aromatic carbocycles. The first-order chi connectivity index (χ1) is 26.3. The van der Waals surface area contributed by atoms with Gasteiger partial charge in [-0.15, -0.1) is 11.3 Å². The Labute approximate surface area is 309 Å². The van der Waals surface area contributed by atoms with Gasteiger partial charge in [0.25, 0.3) is 0 Å². The Morgan fingerprint density at radius 2 is 0.755 bits per heavy atom. The zero-order valence-electron chi connectivity index (χ0n) is 28.7. The maximum atomic E-state index is 2.49. The predicted octanol–water partition coefficient (Wildman–Crippen LogP) is 15.5. The molecular weight excluding hydrogens is 657 g/mol. The molecule has 1 heteroatoms. The number of rotatable bonds is 2. The van der Waals surface area contributed by atoms with Crippen LogP contribution in [0.2, 0.25) is 0 Å². The minimum absolute atomic E-state index is 1.26. The second-order valence-electron chi connectivity index (χ2n) is 14.3. The van der Waals surface area contributed by atoms with E-state index >= 15 is 0 Å². The minimum Gasteiger partial charge on any atom is -0.135 e. The van der Waals surface area contributed by atoms with Gasteiger partial charge in [-0.2, -0.15) is 0 Å². The highest BCUT2D eigenvalue weighted by molar-refractivity contribution is 7.26. The van der Waals surface area contributed by atoms with Gasteiger partial charge in [-0.25, -0.2) is 0 Å². The molecule has 0 bridgehead atoms. The van der Waals surface area contributed by atoms with Gasteiger partial charge in [0.05, 0.1) is 0 Å². The molecule has 0 spiro atoms. The van der Waals surface area contributed by atoms with Gasteiger partial charge < -0.3 is 0 Å². The maximum absolute atomic E-state index is 2.49. The Hall–Kier alpha value is -6.54. The standard InChI is InChI=1S/C52H30S/c1-2-14-33-31(13-1)25-28-45-38-27-26-32(29-48(38)53-52(33)45)49-41-21-9-11-23-43(41)51(44-24-12-10-22-42(44)49)47-30-46-36-17-4-3-15-34(36)35-16-5-7-19-39(35)50(46)40-20-8-6-18-37(40)47/h1-30H. The Bertz CT molecular complexity index is 3450. The number of benzene rings is 11. The van der Waals surface area contributed by atoms with E-state index in [1.165, 1.54) is 118 Å². The lowest BCUT2D eigenvalue weighted by Crippen LogP contribution is -1.93. The molecule has 0 aliphatic heterocycles. The average molecular weight is 687 g/mol. The first-order valence-corrected chi connectivity index (χ1v) is 19.2. The van der Waals surface area contributed by atoms with Crippen LogP contribution in [0.3, 0.4) is 0 Å². The highest BCUT2D eigenvalue weighted by Gasteiger charge is 2.21. The Balaban J connectivity index is 1.20. The second-order valence-corrected chi connectivity index (χ2v) is 15.4. The van der Waals surface area contributed by atoms with E-state index in [-0.39, 0.29) is 0 Å². The van der Waals surface area contributed by atoms with E-state index in [0.29, 0.717) is 0 Å². The van der Waals surface area contributed by atoms with E-state index < -0.39 is 0 Å². The molecule has 1 aromatic heterocycles. The lowest BCUT2D eigenvalue weighted by molar-refractivity contribution is 1.70. The topological polar surface area (TPSA) is 0 Å². The van der Waals surface area contributed by atoms with Gasteiger partial charge in [-0.05, 0) is 110 Å². The molecule has 0 fully saturated rings. The average Bonchev–Trinajstić information content (AvgIpc) is 3.61. The summed E-state index contributed by atoms with van der Waals surface area (Å²) in [5, 5.41) is 20.8. The van der Waals surface area contributed by atoms with Crippen molar-refractivity contribution in [3.8, 4) is 22.3 Å². The Morgan fingerprint density at radius 1 is 0.283 bits per heavy atom. The molecule has 12 rings (SSSR count). The van der Waals surface area contributed by atoms with Crippen LogP contribution < -0.4 is 0 Å². The summed E-state index contributed by atoms with van der Waals surface area (Å²) in [6.45, 7) is 0. The molecule has 0 N–H and O–H groups in total. The molecule has 244 valence electrons. The summed E-state index contributed by atoms with van der Waals surface area (Å²) < 4.78 is 2.69. The van der Waals surface area contributed by atoms with E-state index in [2.05, 4.69) is 182 Å². The van der Waals surface area contributed by atoms with E-state index in [0.717, 1.165) is 0 Å². The van der Waals surface area contributed by atoms with Gasteiger partial charge >= 0.3 is 0 Å². The fraction of sp³-hybridized carbons (Fsp3) is 0. The first kappa shape index (κ1) is 29.1. The molecule has 53 heavy (non-hydrogen) atoms. The van der Waals surface area contributed by atoms with Crippen molar-refractivity contribution in [2.45, 2.75) is 0 Å². The summed E-state index contributed by atoms with van der Waals surface area (Å²) >= 11 is 1.91. The van der Waals surface area contributed by atoms with Crippen molar-refractivity contribution in [1.82, 2.24) is 0 Å². The van der Waals surface area contributed by atoms with E-state index in [4.69, 9.17) is 0 Å². The molecule has 0 aliphatic rings. The van der Waals surface area contributed by atoms with Crippen molar-refractivity contribution >= 4 is 107 Å². The summed E-state index contributed by atoms with van der Waals surface area (Å²) in [7, 11) is 0. The van der Waals surface area contributed by atoms with Crippen molar-refractivity contribution in [3.05, 3.63) is 182 Å². The minimum atomic E-state index is 1.26. The van der Waals surface area contributed by atoms with Gasteiger partial charge in [-0.3, -0.25) is 0 Å². The van der Waals surface area contributed by atoms with Crippen molar-refractivity contribution in [2.24, 2.45) is 0 Å². The van der Waals surface area contributed by atoms with Crippen LogP contribution in [0.4, 0.5) is 0 Å². The molecule has 0 radical (unpaired) electrons. The summed E-state index contributed by atoms with van der Waals surface area (Å²) in [5.41, 5.74) is 5.13. The molecule has 0 unspecified atom stereocenters. The van der Waals surface area contributed by atoms with Crippen LogP contribution in [-0.4, -0.2) is 0 Å². The van der Waals surface area contributed by atoms with Crippen molar-refractivity contribution in [2.75, 3.05) is 0 Å². The quantitative estimate of drug-likeness (QED) is 0.125. The highest BCUT2D eigenvalue weighted by atomic mass is 32.1. The number of hydrogen-bond acceptors (Lipinski definition) is 1. The van der Waals surface area contributed by atoms with Gasteiger partial charge in [0.15, 0.2) is 0 Å². The van der Waals surface area contributed by atoms with Crippen molar-refractivity contribution < 1.29 is 0 Å². The lowest BCUT2D eigenvalue weighted by atomic mass is 9.82. The van der Waals surface area contributed by atoms with E-state index in [9.17, 15) is 0 Å². The number of hydrogen-bond donors (Lipinski definition) is 0. The van der Waals surface area contributed by atoms with Crippen LogP contribution >= 0.6 is 11.3 Å². The van der Waals surface area contributed by atoms with Crippen LogP contribution in [0.15, 0.2) is 182 Å². The Kier molecular flexibility index (Phi) is 6.03. The second kappa shape index (κ2) is 11.0. The molecule has 1 heterocycles. The third kappa shape index (κ3) is 4.06. The SMILES string of the molecule is c1ccc2c(c1)ccc1c3ccc(-c4c5ccccc5c(-c5cc6c7ccccc7c7ccccc7c6c6ccccc56)c5ccccc45)cc3sc21. The molecule has 0 nitrogen and oxygen atoms in total. The molecule has 0 saturated carbocycles. The van der Waals surface area contributed by atoms with Gasteiger partial charge in [0, 0.05) is 20.2 Å². The Morgan fingerprint density at radius 3 is 1.42 bits per heavy atom. The van der Waals surface area contributed by atoms with Crippen LogP contribution in [-0.2, 0) is 0 Å². The van der Waals surface area contributed by atoms with E-state index in [1.807, 2.05) is 11.3 Å². The van der Waals surface area contributed by atoms with Crippen LogP contribution in [0.25, 0.3) is 118 Å². The molecule has 0 amide bonds. The fourth-order valence-electron chi connectivity index (χ4n) is 9.36. The third-order valence-corrected chi connectivity index (χ3v) is 12.8. The summed E-state index contributed by atoms with van der Waals surface area (Å²) in [6, 6.07) is 68.0. The monoisotopic (exact) mass is 686 g/mol. The van der Waals surface area contributed by atoms with Crippen molar-refractivity contribution in [3.63, 3.8) is 0 Å². The van der Waals surface area contributed by atoms with Gasteiger partial charge in [-0.1, -0.05) is 170 Å². The molecular formula is C52H30S. The van der Waals surface area contributed by atoms with Crippen LogP contribution in [0.5, 0.6) is 0 Å². The molecule has 0 saturated heterocycles. The smallest absolute Gasteiger partial charge is 0.0433 e. The fourth-order valence-corrected chi connectivity index (χ4v) is 10.6. The number of fused-ring (bicyclic) bond motifs is 15. The van der Waals surface area contributed by atoms with Gasteiger partial charge in [0.1, 0.15) is 0 Å². The summed E-state index contributed by atoms with van der Waals surface area (Å²) in [6.07, 6.45) is 0. The molecule has 0 aliphatic carbocycles. The van der Waals surface area contributed by atoms with E-state index in [1.54, 1.807) is 0 Å².